The van der Waals surface area contributed by atoms with Crippen LogP contribution in [0.4, 0.5) is 26.4 Å². The standard InChI is InChI=1S/C16H17ClFN5O2/c1-25-16(24)23-8-6-22(7-9-23)12-4-2-11(3-5-12)20-14-13(18)10-19-15(17)21-14/h2-5,10H,6-9H2,1H3,(H,19,20,21). The lowest BCUT2D eigenvalue weighted by atomic mass is 10.2. The second-order valence-corrected chi connectivity index (χ2v) is 5.79. The molecule has 25 heavy (non-hydrogen) atoms. The molecule has 1 saturated heterocycles. The Morgan fingerprint density at radius 3 is 2.56 bits per heavy atom. The van der Waals surface area contributed by atoms with Gasteiger partial charge < -0.3 is 19.9 Å². The molecule has 1 aromatic carbocycles. The number of hydrogen-bond donors (Lipinski definition) is 1. The first-order chi connectivity index (χ1) is 12.1. The van der Waals surface area contributed by atoms with Gasteiger partial charge in [-0.1, -0.05) is 0 Å². The number of aromatic nitrogens is 2. The number of halogens is 2. The van der Waals surface area contributed by atoms with Gasteiger partial charge in [-0.25, -0.2) is 14.2 Å². The van der Waals surface area contributed by atoms with Crippen molar-refractivity contribution in [2.45, 2.75) is 0 Å². The SMILES string of the molecule is COC(=O)N1CCN(c2ccc(Nc3nc(Cl)ncc3F)cc2)CC1. The van der Waals surface area contributed by atoms with Crippen molar-refractivity contribution in [2.24, 2.45) is 0 Å². The number of piperazine rings is 1. The zero-order valence-electron chi connectivity index (χ0n) is 13.6. The molecule has 1 N–H and O–H groups in total. The van der Waals surface area contributed by atoms with Crippen LogP contribution in [-0.4, -0.2) is 54.2 Å². The summed E-state index contributed by atoms with van der Waals surface area (Å²) >= 11 is 5.68. The highest BCUT2D eigenvalue weighted by atomic mass is 35.5. The largest absolute Gasteiger partial charge is 0.453 e. The Labute approximate surface area is 149 Å². The smallest absolute Gasteiger partial charge is 0.409 e. The molecule has 0 aliphatic carbocycles. The molecule has 7 nitrogen and oxygen atoms in total. The monoisotopic (exact) mass is 365 g/mol. The maximum atomic E-state index is 13.7. The number of rotatable bonds is 3. The molecule has 0 atom stereocenters. The second kappa shape index (κ2) is 7.52. The molecule has 0 unspecified atom stereocenters. The van der Waals surface area contributed by atoms with Crippen molar-refractivity contribution in [2.75, 3.05) is 43.5 Å². The van der Waals surface area contributed by atoms with Gasteiger partial charge in [0.1, 0.15) is 0 Å². The van der Waals surface area contributed by atoms with E-state index in [2.05, 4.69) is 20.2 Å². The molecular formula is C16H17ClFN5O2. The van der Waals surface area contributed by atoms with Crippen molar-refractivity contribution in [3.8, 4) is 0 Å². The van der Waals surface area contributed by atoms with Gasteiger partial charge in [0.05, 0.1) is 13.3 Å². The summed E-state index contributed by atoms with van der Waals surface area (Å²) in [4.78, 5) is 22.8. The maximum Gasteiger partial charge on any atom is 0.409 e. The van der Waals surface area contributed by atoms with Gasteiger partial charge in [0.15, 0.2) is 11.6 Å². The van der Waals surface area contributed by atoms with Gasteiger partial charge in [-0.2, -0.15) is 4.98 Å². The molecule has 0 bridgehead atoms. The van der Waals surface area contributed by atoms with E-state index in [1.165, 1.54) is 7.11 Å². The summed E-state index contributed by atoms with van der Waals surface area (Å²) < 4.78 is 18.4. The maximum absolute atomic E-state index is 13.7. The summed E-state index contributed by atoms with van der Waals surface area (Å²) in [5, 5.41) is 2.85. The van der Waals surface area contributed by atoms with Crippen molar-refractivity contribution in [1.82, 2.24) is 14.9 Å². The van der Waals surface area contributed by atoms with Crippen molar-refractivity contribution in [1.29, 1.82) is 0 Å². The second-order valence-electron chi connectivity index (χ2n) is 5.45. The Kier molecular flexibility index (Phi) is 5.18. The van der Waals surface area contributed by atoms with Crippen molar-refractivity contribution in [3.05, 3.63) is 41.6 Å². The number of nitrogens with one attached hydrogen (secondary N) is 1. The predicted molar refractivity (Wildman–Crippen MR) is 92.9 cm³/mol. The Hall–Kier alpha value is -2.61. The minimum atomic E-state index is -0.576. The summed E-state index contributed by atoms with van der Waals surface area (Å²) in [6.45, 7) is 2.66. The van der Waals surface area contributed by atoms with E-state index in [1.807, 2.05) is 24.3 Å². The minimum Gasteiger partial charge on any atom is -0.453 e. The van der Waals surface area contributed by atoms with Crippen LogP contribution in [-0.2, 0) is 4.74 Å². The van der Waals surface area contributed by atoms with Gasteiger partial charge >= 0.3 is 6.09 Å². The quantitative estimate of drug-likeness (QED) is 0.843. The number of carbonyl (C=O) groups is 1. The molecule has 2 heterocycles. The van der Waals surface area contributed by atoms with Crippen molar-refractivity contribution in [3.63, 3.8) is 0 Å². The molecule has 1 aliphatic heterocycles. The molecular weight excluding hydrogens is 349 g/mol. The lowest BCUT2D eigenvalue weighted by Crippen LogP contribution is -2.48. The van der Waals surface area contributed by atoms with Gasteiger partial charge in [0.25, 0.3) is 0 Å². The van der Waals surface area contributed by atoms with Gasteiger partial charge in [-0.15, -0.1) is 0 Å². The van der Waals surface area contributed by atoms with E-state index in [9.17, 15) is 9.18 Å². The Bertz CT molecular complexity index is 751. The molecule has 0 saturated carbocycles. The lowest BCUT2D eigenvalue weighted by molar-refractivity contribution is 0.121. The Morgan fingerprint density at radius 2 is 1.92 bits per heavy atom. The van der Waals surface area contributed by atoms with Crippen LogP contribution in [0.15, 0.2) is 30.5 Å². The average Bonchev–Trinajstić information content (AvgIpc) is 2.65. The van der Waals surface area contributed by atoms with Crippen LogP contribution in [0.2, 0.25) is 5.28 Å². The van der Waals surface area contributed by atoms with E-state index in [4.69, 9.17) is 16.3 Å². The van der Waals surface area contributed by atoms with E-state index in [1.54, 1.807) is 4.90 Å². The fraction of sp³-hybridized carbons (Fsp3) is 0.312. The fourth-order valence-corrected chi connectivity index (χ4v) is 2.74. The molecule has 9 heteroatoms. The number of methoxy groups -OCH3 is 1. The first-order valence-corrected chi connectivity index (χ1v) is 8.07. The molecule has 1 aliphatic rings. The van der Waals surface area contributed by atoms with E-state index in [0.717, 1.165) is 25.0 Å². The molecule has 1 fully saturated rings. The summed E-state index contributed by atoms with van der Waals surface area (Å²) in [5.74, 6) is -0.549. The van der Waals surface area contributed by atoms with Crippen LogP contribution in [0.1, 0.15) is 0 Å². The summed E-state index contributed by atoms with van der Waals surface area (Å²) in [6.07, 6.45) is 0.719. The van der Waals surface area contributed by atoms with Crippen molar-refractivity contribution >= 4 is 34.9 Å². The Morgan fingerprint density at radius 1 is 1.24 bits per heavy atom. The van der Waals surface area contributed by atoms with Gasteiger partial charge in [-0.05, 0) is 35.9 Å². The van der Waals surface area contributed by atoms with Crippen LogP contribution >= 0.6 is 11.6 Å². The van der Waals surface area contributed by atoms with Crippen LogP contribution in [0.5, 0.6) is 0 Å². The number of hydrogen-bond acceptors (Lipinski definition) is 6. The molecule has 0 spiro atoms. The third kappa shape index (κ3) is 4.08. The fourth-order valence-electron chi connectivity index (χ4n) is 2.60. The third-order valence-corrected chi connectivity index (χ3v) is 4.10. The summed E-state index contributed by atoms with van der Waals surface area (Å²) in [6, 6.07) is 7.52. The summed E-state index contributed by atoms with van der Waals surface area (Å²) in [7, 11) is 1.38. The van der Waals surface area contributed by atoms with E-state index in [0.29, 0.717) is 18.8 Å². The van der Waals surface area contributed by atoms with Gasteiger partial charge in [0, 0.05) is 37.6 Å². The van der Waals surface area contributed by atoms with Crippen LogP contribution in [0, 0.1) is 5.82 Å². The first kappa shape index (κ1) is 17.2. The highest BCUT2D eigenvalue weighted by Crippen LogP contribution is 2.23. The lowest BCUT2D eigenvalue weighted by Gasteiger charge is -2.35. The molecule has 1 aromatic heterocycles. The summed E-state index contributed by atoms with van der Waals surface area (Å²) in [5.41, 5.74) is 1.71. The number of benzene rings is 1. The Balaban J connectivity index is 1.63. The van der Waals surface area contributed by atoms with Crippen LogP contribution < -0.4 is 10.2 Å². The van der Waals surface area contributed by atoms with E-state index >= 15 is 0 Å². The van der Waals surface area contributed by atoms with Crippen LogP contribution in [0.3, 0.4) is 0 Å². The first-order valence-electron chi connectivity index (χ1n) is 7.70. The highest BCUT2D eigenvalue weighted by molar-refractivity contribution is 6.28. The average molecular weight is 366 g/mol. The number of anilines is 3. The molecule has 1 amide bonds. The normalized spacial score (nSPS) is 14.4. The molecule has 3 rings (SSSR count). The van der Waals surface area contributed by atoms with Gasteiger partial charge in [0.2, 0.25) is 5.28 Å². The number of nitrogens with zero attached hydrogens (tertiary/aromatic N) is 4. The zero-order valence-corrected chi connectivity index (χ0v) is 14.3. The predicted octanol–water partition coefficient (Wildman–Crippen LogP) is 2.90. The van der Waals surface area contributed by atoms with Crippen molar-refractivity contribution < 1.29 is 13.9 Å². The van der Waals surface area contributed by atoms with E-state index in [-0.39, 0.29) is 17.2 Å². The number of ether oxygens (including phenoxy) is 1. The number of amides is 1. The minimum absolute atomic E-state index is 0.0241. The van der Waals surface area contributed by atoms with E-state index < -0.39 is 5.82 Å². The molecule has 132 valence electrons. The molecule has 2 aromatic rings. The van der Waals surface area contributed by atoms with Crippen LogP contribution in [0.25, 0.3) is 0 Å². The third-order valence-electron chi connectivity index (χ3n) is 3.92. The zero-order chi connectivity index (χ0) is 17.8. The number of carbonyl (C=O) groups excluding carboxylic acids is 1. The van der Waals surface area contributed by atoms with Gasteiger partial charge in [-0.3, -0.25) is 0 Å². The highest BCUT2D eigenvalue weighted by Gasteiger charge is 2.21. The topological polar surface area (TPSA) is 70.6 Å². The molecule has 0 radical (unpaired) electrons.